The van der Waals surface area contributed by atoms with Gasteiger partial charge in [0.1, 0.15) is 30.2 Å². The number of carbonyl (C=O) groups excluding carboxylic acids is 11. The number of fused-ring (bicyclic) bond motifs is 3. The predicted molar refractivity (Wildman–Crippen MR) is 214 cm³/mol. The van der Waals surface area contributed by atoms with E-state index in [9.17, 15) is 67.7 Å². The first kappa shape index (κ1) is 48.8. The van der Waals surface area contributed by atoms with Gasteiger partial charge in [-0.2, -0.15) is 0 Å². The van der Waals surface area contributed by atoms with Crippen LogP contribution in [0.4, 0.5) is 5.69 Å². The number of aliphatic hydroxyl groups is 1. The standard InChI is InChI=1S/C39H47N9O14/c1-17(43-19(3)50)35(57)48-32(18(2)49)38(60)46-25(10-12-28(40)51)36(58)42-16-31(54)45-26(11-13-29(41)52)37(59)47-27(39(61)62)15-30(53)44-20-8-9-22-21-6-4-5-7-23(21)33(55)34(56)24(22)14-20/h4-9,14,17-18,25-27,32,49H,10-13,15-16H2,1-3H3,(H2,40,51)(H2,41,52)(H,42,58)(H,43,50)(H,44,53)(H,45,54)(H,46,60)(H,47,59)(H,48,57)(H,61,62)/t17-,18+,25-,26-,27-,32-/m0/s1. The molecule has 0 aromatic heterocycles. The fourth-order valence-electron chi connectivity index (χ4n) is 6.04. The third kappa shape index (κ3) is 14.0. The second kappa shape index (κ2) is 22.2. The van der Waals surface area contributed by atoms with Crippen molar-refractivity contribution in [1.82, 2.24) is 31.9 Å². The van der Waals surface area contributed by atoms with Crippen molar-refractivity contribution in [3.05, 3.63) is 53.6 Å². The third-order valence-electron chi connectivity index (χ3n) is 9.16. The zero-order valence-electron chi connectivity index (χ0n) is 33.7. The van der Waals surface area contributed by atoms with Crippen molar-refractivity contribution >= 4 is 76.4 Å². The van der Waals surface area contributed by atoms with E-state index in [2.05, 4.69) is 37.2 Å². The van der Waals surface area contributed by atoms with E-state index in [-0.39, 0.29) is 16.8 Å². The number of hydrogen-bond donors (Lipinski definition) is 11. The first-order chi connectivity index (χ1) is 29.1. The molecule has 0 aliphatic heterocycles. The van der Waals surface area contributed by atoms with Gasteiger partial charge in [0.25, 0.3) is 0 Å². The van der Waals surface area contributed by atoms with Crippen LogP contribution in [0, 0.1) is 0 Å². The maximum Gasteiger partial charge on any atom is 0.326 e. The van der Waals surface area contributed by atoms with Crippen LogP contribution in [0.2, 0.25) is 0 Å². The summed E-state index contributed by atoms with van der Waals surface area (Å²) in [6, 6.07) is 2.74. The largest absolute Gasteiger partial charge is 0.480 e. The Kier molecular flexibility index (Phi) is 17.4. The lowest BCUT2D eigenvalue weighted by atomic mass is 9.84. The number of carbonyl (C=O) groups is 12. The van der Waals surface area contributed by atoms with Gasteiger partial charge in [-0.3, -0.25) is 52.7 Å². The molecule has 0 spiro atoms. The quantitative estimate of drug-likeness (QED) is 0.0515. The monoisotopic (exact) mass is 865 g/mol. The van der Waals surface area contributed by atoms with Gasteiger partial charge < -0.3 is 58.9 Å². The number of carboxylic acid groups (broad SMARTS) is 1. The zero-order chi connectivity index (χ0) is 46.4. The normalized spacial score (nSPS) is 14.4. The van der Waals surface area contributed by atoms with Crippen LogP contribution in [-0.4, -0.2) is 124 Å². The summed E-state index contributed by atoms with van der Waals surface area (Å²) in [5, 5.41) is 35.7. The summed E-state index contributed by atoms with van der Waals surface area (Å²) in [6.07, 6.45) is -4.21. The number of aliphatic carboxylic acids is 1. The highest BCUT2D eigenvalue weighted by Crippen LogP contribution is 2.34. The summed E-state index contributed by atoms with van der Waals surface area (Å²) in [7, 11) is 0. The van der Waals surface area contributed by atoms with Crippen LogP contribution in [0.1, 0.15) is 73.6 Å². The molecule has 13 N–H and O–H groups in total. The number of amides is 9. The molecule has 9 amide bonds. The van der Waals surface area contributed by atoms with Crippen molar-refractivity contribution in [3.63, 3.8) is 0 Å². The summed E-state index contributed by atoms with van der Waals surface area (Å²) in [5.74, 6) is -11.8. The SMILES string of the molecule is CC(=O)N[C@@H](C)C(=O)N[C@H](C(=O)N[C@@H](CCC(N)=O)C(=O)NCC(=O)N[C@@H](CCC(N)=O)C(=O)N[C@@H](CC(=O)Nc1ccc2c(c1)C(=O)C(=O)c1ccccc1-2)C(=O)O)[C@@H](C)O. The molecule has 3 rings (SSSR count). The minimum absolute atomic E-state index is 0.00555. The minimum Gasteiger partial charge on any atom is -0.480 e. The number of benzene rings is 2. The molecule has 23 nitrogen and oxygen atoms in total. The number of carboxylic acids is 1. The molecule has 23 heteroatoms. The maximum atomic E-state index is 13.3. The van der Waals surface area contributed by atoms with E-state index in [1.54, 1.807) is 18.2 Å². The summed E-state index contributed by atoms with van der Waals surface area (Å²) in [6.45, 7) is 2.72. The van der Waals surface area contributed by atoms with E-state index in [1.807, 2.05) is 0 Å². The molecule has 0 saturated carbocycles. The Bertz CT molecular complexity index is 2160. The van der Waals surface area contributed by atoms with E-state index in [0.29, 0.717) is 11.1 Å². The molecule has 62 heavy (non-hydrogen) atoms. The number of ketones is 2. The molecule has 0 unspecified atom stereocenters. The number of nitrogens with one attached hydrogen (secondary N) is 7. The van der Waals surface area contributed by atoms with Gasteiger partial charge in [0, 0.05) is 36.6 Å². The van der Waals surface area contributed by atoms with Crippen molar-refractivity contribution in [3.8, 4) is 11.1 Å². The summed E-state index contributed by atoms with van der Waals surface area (Å²) >= 11 is 0. The third-order valence-corrected chi connectivity index (χ3v) is 9.16. The maximum absolute atomic E-state index is 13.3. The van der Waals surface area contributed by atoms with Crippen molar-refractivity contribution in [2.24, 2.45) is 11.5 Å². The molecule has 0 heterocycles. The van der Waals surface area contributed by atoms with Crippen LogP contribution in [0.15, 0.2) is 42.5 Å². The van der Waals surface area contributed by atoms with E-state index in [4.69, 9.17) is 11.5 Å². The van der Waals surface area contributed by atoms with Crippen LogP contribution < -0.4 is 48.7 Å². The summed E-state index contributed by atoms with van der Waals surface area (Å²) in [5.41, 5.74) is 11.6. The highest BCUT2D eigenvalue weighted by molar-refractivity contribution is 6.53. The van der Waals surface area contributed by atoms with Crippen LogP contribution in [-0.2, 0) is 47.9 Å². The van der Waals surface area contributed by atoms with Crippen molar-refractivity contribution in [2.45, 2.75) is 89.2 Å². The molecule has 0 bridgehead atoms. The molecule has 0 fully saturated rings. The Hall–Kier alpha value is -7.56. The zero-order valence-corrected chi connectivity index (χ0v) is 33.7. The molecule has 332 valence electrons. The number of Topliss-reactive ketones (excluding diaryl/α,β-unsaturated/α-hetero) is 2. The van der Waals surface area contributed by atoms with Crippen molar-refractivity contribution in [1.29, 1.82) is 0 Å². The number of primary amides is 2. The lowest BCUT2D eigenvalue weighted by Gasteiger charge is -2.26. The van der Waals surface area contributed by atoms with Crippen LogP contribution in [0.25, 0.3) is 11.1 Å². The van der Waals surface area contributed by atoms with E-state index in [1.165, 1.54) is 31.2 Å². The smallest absolute Gasteiger partial charge is 0.326 e. The van der Waals surface area contributed by atoms with Gasteiger partial charge in [-0.05, 0) is 49.9 Å². The number of hydrogen-bond acceptors (Lipinski definition) is 13. The summed E-state index contributed by atoms with van der Waals surface area (Å²) < 4.78 is 0. The molecule has 0 saturated heterocycles. The average molecular weight is 866 g/mol. The number of anilines is 1. The van der Waals surface area contributed by atoms with Gasteiger partial charge in [-0.25, -0.2) is 4.79 Å². The van der Waals surface area contributed by atoms with E-state index >= 15 is 0 Å². The van der Waals surface area contributed by atoms with Crippen LogP contribution >= 0.6 is 0 Å². The summed E-state index contributed by atoms with van der Waals surface area (Å²) in [4.78, 5) is 150. The highest BCUT2D eigenvalue weighted by Gasteiger charge is 2.34. The second-order valence-electron chi connectivity index (χ2n) is 14.2. The van der Waals surface area contributed by atoms with Gasteiger partial charge in [0.05, 0.1) is 19.1 Å². The first-order valence-corrected chi connectivity index (χ1v) is 18.9. The lowest BCUT2D eigenvalue weighted by molar-refractivity contribution is -0.143. The van der Waals surface area contributed by atoms with Gasteiger partial charge in [0.15, 0.2) is 0 Å². The number of nitrogens with two attached hydrogens (primary N) is 2. The van der Waals surface area contributed by atoms with Gasteiger partial charge in [-0.1, -0.05) is 30.3 Å². The Morgan fingerprint density at radius 2 is 1.18 bits per heavy atom. The number of aliphatic hydroxyl groups excluding tert-OH is 1. The molecule has 1 aliphatic carbocycles. The fourth-order valence-corrected chi connectivity index (χ4v) is 6.04. The van der Waals surface area contributed by atoms with Gasteiger partial charge in [-0.15, -0.1) is 0 Å². The number of rotatable bonds is 22. The second-order valence-corrected chi connectivity index (χ2v) is 14.2. The topological polar surface area (TPSA) is 382 Å². The van der Waals surface area contributed by atoms with Gasteiger partial charge >= 0.3 is 5.97 Å². The molecular formula is C39H47N9O14. The molecule has 0 radical (unpaired) electrons. The van der Waals surface area contributed by atoms with Gasteiger partial charge in [0.2, 0.25) is 64.7 Å². The average Bonchev–Trinajstić information content (AvgIpc) is 3.19. The van der Waals surface area contributed by atoms with E-state index < -0.39 is 146 Å². The van der Waals surface area contributed by atoms with Crippen molar-refractivity contribution in [2.75, 3.05) is 11.9 Å². The Morgan fingerprint density at radius 1 is 0.629 bits per heavy atom. The molecule has 2 aromatic rings. The first-order valence-electron chi connectivity index (χ1n) is 18.9. The fraction of sp³-hybridized carbons (Fsp3) is 0.385. The molecular weight excluding hydrogens is 818 g/mol. The highest BCUT2D eigenvalue weighted by atomic mass is 16.4. The van der Waals surface area contributed by atoms with Crippen LogP contribution in [0.3, 0.4) is 0 Å². The lowest BCUT2D eigenvalue weighted by Crippen LogP contribution is -2.59. The van der Waals surface area contributed by atoms with Crippen molar-refractivity contribution < 1.29 is 67.7 Å². The van der Waals surface area contributed by atoms with Crippen LogP contribution in [0.5, 0.6) is 0 Å². The molecule has 1 aliphatic rings. The Balaban J connectivity index is 1.67. The Morgan fingerprint density at radius 3 is 1.74 bits per heavy atom. The molecule has 2 aromatic carbocycles. The minimum atomic E-state index is -1.90. The van der Waals surface area contributed by atoms with E-state index in [0.717, 1.165) is 13.8 Å². The predicted octanol–water partition coefficient (Wildman–Crippen LogP) is -3.36. The Labute approximate surface area is 352 Å². The molecule has 6 atom stereocenters.